The lowest BCUT2D eigenvalue weighted by Gasteiger charge is -2.35. The monoisotopic (exact) mass is 322 g/mol. The summed E-state index contributed by atoms with van der Waals surface area (Å²) >= 11 is 0. The van der Waals surface area contributed by atoms with Crippen LogP contribution in [0.25, 0.3) is 0 Å². The number of amides is 1. The van der Waals surface area contributed by atoms with Crippen LogP contribution < -0.4 is 0 Å². The van der Waals surface area contributed by atoms with Gasteiger partial charge in [-0.05, 0) is 32.1 Å². The highest BCUT2D eigenvalue weighted by atomic mass is 16.5. The number of hydrogen-bond donors (Lipinski definition) is 0. The zero-order chi connectivity index (χ0) is 15.6. The fraction of sp³-hybridized carbons (Fsp3) is 0.944. The molecule has 3 heterocycles. The molecule has 5 heteroatoms. The Morgan fingerprint density at radius 2 is 1.87 bits per heavy atom. The highest BCUT2D eigenvalue weighted by molar-refractivity contribution is 5.80. The average Bonchev–Trinajstić information content (AvgIpc) is 3.33. The van der Waals surface area contributed by atoms with E-state index >= 15 is 0 Å². The van der Waals surface area contributed by atoms with Gasteiger partial charge >= 0.3 is 0 Å². The maximum Gasteiger partial charge on any atom is 0.228 e. The molecular weight excluding hydrogens is 292 g/mol. The van der Waals surface area contributed by atoms with E-state index in [4.69, 9.17) is 9.47 Å². The highest BCUT2D eigenvalue weighted by Gasteiger charge is 2.46. The Balaban J connectivity index is 1.39. The van der Waals surface area contributed by atoms with Crippen molar-refractivity contribution in [2.75, 3.05) is 39.4 Å². The van der Waals surface area contributed by atoms with Crippen LogP contribution in [0.1, 0.15) is 44.9 Å². The predicted molar refractivity (Wildman–Crippen MR) is 87.2 cm³/mol. The summed E-state index contributed by atoms with van der Waals surface area (Å²) in [7, 11) is 0. The number of rotatable bonds is 5. The Kier molecular flexibility index (Phi) is 4.88. The van der Waals surface area contributed by atoms with Gasteiger partial charge < -0.3 is 14.4 Å². The SMILES string of the molecule is O=C(C1CC2CCC1O2)N(CCN1CCOCC1)C1CCCC1. The first kappa shape index (κ1) is 15.9. The maximum absolute atomic E-state index is 13.2. The molecule has 0 aromatic heterocycles. The number of hydrogen-bond acceptors (Lipinski definition) is 4. The van der Waals surface area contributed by atoms with E-state index in [0.717, 1.165) is 58.7 Å². The van der Waals surface area contributed by atoms with Crippen molar-refractivity contribution in [2.24, 2.45) is 5.92 Å². The Labute approximate surface area is 139 Å². The van der Waals surface area contributed by atoms with Crippen LogP contribution in [0.4, 0.5) is 0 Å². The molecule has 0 radical (unpaired) electrons. The van der Waals surface area contributed by atoms with Crippen molar-refractivity contribution in [3.8, 4) is 0 Å². The van der Waals surface area contributed by atoms with E-state index in [1.165, 1.54) is 25.7 Å². The number of fused-ring (bicyclic) bond motifs is 2. The number of carbonyl (C=O) groups is 1. The van der Waals surface area contributed by atoms with Gasteiger partial charge in [-0.1, -0.05) is 12.8 Å². The van der Waals surface area contributed by atoms with Gasteiger partial charge in [-0.3, -0.25) is 9.69 Å². The number of nitrogens with zero attached hydrogens (tertiary/aromatic N) is 2. The minimum Gasteiger partial charge on any atom is -0.379 e. The van der Waals surface area contributed by atoms with Gasteiger partial charge in [-0.25, -0.2) is 0 Å². The summed E-state index contributed by atoms with van der Waals surface area (Å²) in [6.45, 7) is 5.55. The number of carbonyl (C=O) groups excluding carboxylic acids is 1. The normalized spacial score (nSPS) is 35.0. The van der Waals surface area contributed by atoms with Crippen molar-refractivity contribution < 1.29 is 14.3 Å². The summed E-state index contributed by atoms with van der Waals surface area (Å²) in [5.41, 5.74) is 0. The first-order valence-corrected chi connectivity index (χ1v) is 9.57. The quantitative estimate of drug-likeness (QED) is 0.772. The fourth-order valence-corrected chi connectivity index (χ4v) is 4.87. The smallest absolute Gasteiger partial charge is 0.228 e. The van der Waals surface area contributed by atoms with Gasteiger partial charge in [0.2, 0.25) is 5.91 Å². The van der Waals surface area contributed by atoms with Crippen molar-refractivity contribution >= 4 is 5.91 Å². The molecule has 1 saturated carbocycles. The minimum atomic E-state index is 0.138. The molecule has 4 rings (SSSR count). The maximum atomic E-state index is 13.2. The molecule has 3 aliphatic heterocycles. The second kappa shape index (κ2) is 7.08. The minimum absolute atomic E-state index is 0.138. The van der Waals surface area contributed by atoms with E-state index in [2.05, 4.69) is 9.80 Å². The molecule has 23 heavy (non-hydrogen) atoms. The summed E-state index contributed by atoms with van der Waals surface area (Å²) in [5.74, 6) is 0.524. The van der Waals surface area contributed by atoms with Gasteiger partial charge in [0, 0.05) is 32.2 Å². The lowest BCUT2D eigenvalue weighted by atomic mass is 9.87. The molecule has 1 aliphatic carbocycles. The summed E-state index contributed by atoms with van der Waals surface area (Å²) in [5, 5.41) is 0. The second-order valence-corrected chi connectivity index (χ2v) is 7.64. The predicted octanol–water partition coefficient (Wildman–Crippen LogP) is 1.66. The number of ether oxygens (including phenoxy) is 2. The van der Waals surface area contributed by atoms with Gasteiger partial charge in [0.05, 0.1) is 31.3 Å². The third-order valence-corrected chi connectivity index (χ3v) is 6.23. The van der Waals surface area contributed by atoms with Gasteiger partial charge in [0.25, 0.3) is 0 Å². The van der Waals surface area contributed by atoms with Crippen molar-refractivity contribution in [2.45, 2.75) is 63.2 Å². The molecule has 0 aromatic carbocycles. The molecule has 1 amide bonds. The van der Waals surface area contributed by atoms with Gasteiger partial charge in [0.1, 0.15) is 0 Å². The topological polar surface area (TPSA) is 42.0 Å². The Bertz CT molecular complexity index is 418. The highest BCUT2D eigenvalue weighted by Crippen LogP contribution is 2.40. The largest absolute Gasteiger partial charge is 0.379 e. The van der Waals surface area contributed by atoms with Crippen molar-refractivity contribution in [1.82, 2.24) is 9.80 Å². The standard InChI is InChI=1S/C18H30N2O3/c21-18(16-13-15-5-6-17(16)23-15)20(14-3-1-2-4-14)8-7-19-9-11-22-12-10-19/h14-17H,1-13H2. The fourth-order valence-electron chi connectivity index (χ4n) is 4.87. The van der Waals surface area contributed by atoms with E-state index in [-0.39, 0.29) is 12.0 Å². The zero-order valence-corrected chi connectivity index (χ0v) is 14.1. The van der Waals surface area contributed by atoms with Gasteiger partial charge in [-0.2, -0.15) is 0 Å². The third-order valence-electron chi connectivity index (χ3n) is 6.23. The van der Waals surface area contributed by atoms with E-state index in [9.17, 15) is 4.79 Å². The summed E-state index contributed by atoms with van der Waals surface area (Å²) < 4.78 is 11.4. The molecule has 4 fully saturated rings. The van der Waals surface area contributed by atoms with E-state index in [1.807, 2.05) is 0 Å². The Hall–Kier alpha value is -0.650. The molecule has 3 atom stereocenters. The lowest BCUT2D eigenvalue weighted by molar-refractivity contribution is -0.140. The molecule has 3 saturated heterocycles. The average molecular weight is 322 g/mol. The van der Waals surface area contributed by atoms with Crippen LogP contribution in [0.5, 0.6) is 0 Å². The van der Waals surface area contributed by atoms with Crippen LogP contribution in [-0.2, 0) is 14.3 Å². The molecule has 4 aliphatic rings. The third kappa shape index (κ3) is 3.42. The van der Waals surface area contributed by atoms with Crippen LogP contribution >= 0.6 is 0 Å². The van der Waals surface area contributed by atoms with Crippen molar-refractivity contribution in [3.63, 3.8) is 0 Å². The van der Waals surface area contributed by atoms with Crippen molar-refractivity contribution in [1.29, 1.82) is 0 Å². The van der Waals surface area contributed by atoms with Crippen LogP contribution in [0.2, 0.25) is 0 Å². The first-order chi connectivity index (χ1) is 11.3. The molecule has 5 nitrogen and oxygen atoms in total. The molecular formula is C18H30N2O3. The Morgan fingerprint density at radius 1 is 1.09 bits per heavy atom. The molecule has 3 unspecified atom stereocenters. The second-order valence-electron chi connectivity index (χ2n) is 7.64. The Morgan fingerprint density at radius 3 is 2.52 bits per heavy atom. The zero-order valence-electron chi connectivity index (χ0n) is 14.1. The van der Waals surface area contributed by atoms with Gasteiger partial charge in [0.15, 0.2) is 0 Å². The van der Waals surface area contributed by atoms with Crippen LogP contribution in [0.15, 0.2) is 0 Å². The molecule has 0 spiro atoms. The number of morpholine rings is 1. The van der Waals surface area contributed by atoms with Crippen LogP contribution in [-0.4, -0.2) is 73.3 Å². The summed E-state index contributed by atoms with van der Waals surface area (Å²) in [6, 6.07) is 0.475. The molecule has 0 aromatic rings. The first-order valence-electron chi connectivity index (χ1n) is 9.57. The van der Waals surface area contributed by atoms with Crippen molar-refractivity contribution in [3.05, 3.63) is 0 Å². The van der Waals surface area contributed by atoms with Crippen LogP contribution in [0.3, 0.4) is 0 Å². The van der Waals surface area contributed by atoms with Crippen LogP contribution in [0, 0.1) is 5.92 Å². The summed E-state index contributed by atoms with van der Waals surface area (Å²) in [6.07, 6.45) is 8.71. The summed E-state index contributed by atoms with van der Waals surface area (Å²) in [4.78, 5) is 17.9. The van der Waals surface area contributed by atoms with E-state index in [0.29, 0.717) is 18.1 Å². The molecule has 0 N–H and O–H groups in total. The van der Waals surface area contributed by atoms with E-state index in [1.54, 1.807) is 0 Å². The molecule has 2 bridgehead atoms. The lowest BCUT2D eigenvalue weighted by Crippen LogP contribution is -2.49. The van der Waals surface area contributed by atoms with E-state index < -0.39 is 0 Å². The van der Waals surface area contributed by atoms with Gasteiger partial charge in [-0.15, -0.1) is 0 Å². The molecule has 130 valence electrons.